The van der Waals surface area contributed by atoms with E-state index in [1.807, 2.05) is 0 Å². The highest BCUT2D eigenvalue weighted by Crippen LogP contribution is 2.21. The number of carbonyl (C=O) groups is 3. The molecule has 2 amide bonds. The summed E-state index contributed by atoms with van der Waals surface area (Å²) >= 11 is 3.30. The van der Waals surface area contributed by atoms with Crippen LogP contribution in [0, 0.1) is 0 Å². The van der Waals surface area contributed by atoms with Crippen LogP contribution in [0.15, 0.2) is 82.4 Å². The number of ether oxygens (including phenoxy) is 2. The molecule has 0 spiro atoms. The molecule has 0 saturated carbocycles. The van der Waals surface area contributed by atoms with E-state index < -0.39 is 17.8 Å². The standard InChI is InChI=1S/C24H20BrN3O5/c1-15(27-28-23(30)22(29)26-18-12-10-17(25)11-13-18)20-8-3-4-9-21(20)33-24(31)16-6-5-7-19(14-16)32-2/h3-14H,1-2H3,(H,26,29)(H,28,30)/b27-15+. The van der Waals surface area contributed by atoms with Crippen LogP contribution in [0.1, 0.15) is 22.8 Å². The summed E-state index contributed by atoms with van der Waals surface area (Å²) in [5.74, 6) is -1.61. The number of hydrogen-bond donors (Lipinski definition) is 2. The van der Waals surface area contributed by atoms with E-state index in [0.29, 0.717) is 28.3 Å². The van der Waals surface area contributed by atoms with Crippen LogP contribution in [-0.2, 0) is 9.59 Å². The Morgan fingerprint density at radius 3 is 2.36 bits per heavy atom. The Morgan fingerprint density at radius 1 is 0.909 bits per heavy atom. The van der Waals surface area contributed by atoms with Crippen molar-refractivity contribution in [2.75, 3.05) is 12.4 Å². The highest BCUT2D eigenvalue weighted by atomic mass is 79.9. The van der Waals surface area contributed by atoms with Gasteiger partial charge < -0.3 is 14.8 Å². The number of hydrazone groups is 1. The van der Waals surface area contributed by atoms with Crippen molar-refractivity contribution in [3.05, 3.63) is 88.4 Å². The van der Waals surface area contributed by atoms with Crippen LogP contribution in [0.25, 0.3) is 0 Å². The summed E-state index contributed by atoms with van der Waals surface area (Å²) in [6.45, 7) is 1.62. The molecule has 3 aromatic rings. The van der Waals surface area contributed by atoms with Crippen LogP contribution in [-0.4, -0.2) is 30.6 Å². The number of para-hydroxylation sites is 1. The molecule has 0 aliphatic rings. The van der Waals surface area contributed by atoms with Crippen LogP contribution in [0.2, 0.25) is 0 Å². The predicted octanol–water partition coefficient (Wildman–Crippen LogP) is 4.16. The lowest BCUT2D eigenvalue weighted by molar-refractivity contribution is -0.136. The number of halogens is 1. The first-order valence-corrected chi connectivity index (χ1v) is 10.5. The molecule has 2 N–H and O–H groups in total. The van der Waals surface area contributed by atoms with Crippen LogP contribution in [0.4, 0.5) is 5.69 Å². The number of anilines is 1. The summed E-state index contributed by atoms with van der Waals surface area (Å²) in [7, 11) is 1.51. The molecule has 0 radical (unpaired) electrons. The lowest BCUT2D eigenvalue weighted by atomic mass is 10.1. The van der Waals surface area contributed by atoms with E-state index >= 15 is 0 Å². The minimum absolute atomic E-state index is 0.250. The molecule has 0 atom stereocenters. The number of benzene rings is 3. The summed E-state index contributed by atoms with van der Waals surface area (Å²) in [6, 6.07) is 20.1. The first-order valence-electron chi connectivity index (χ1n) is 9.74. The van der Waals surface area contributed by atoms with E-state index in [4.69, 9.17) is 9.47 Å². The minimum atomic E-state index is -0.942. The molecule has 0 heterocycles. The number of carbonyl (C=O) groups excluding carboxylic acids is 3. The zero-order valence-electron chi connectivity index (χ0n) is 17.8. The molecule has 0 saturated heterocycles. The summed E-state index contributed by atoms with van der Waals surface area (Å²) in [5, 5.41) is 6.45. The highest BCUT2D eigenvalue weighted by molar-refractivity contribution is 9.10. The fourth-order valence-electron chi connectivity index (χ4n) is 2.73. The summed E-state index contributed by atoms with van der Waals surface area (Å²) in [4.78, 5) is 36.8. The molecule has 0 unspecified atom stereocenters. The molecule has 0 aromatic heterocycles. The topological polar surface area (TPSA) is 106 Å². The van der Waals surface area contributed by atoms with E-state index in [1.54, 1.807) is 79.7 Å². The Labute approximate surface area is 198 Å². The van der Waals surface area contributed by atoms with Gasteiger partial charge in [0.2, 0.25) is 0 Å². The van der Waals surface area contributed by atoms with E-state index in [2.05, 4.69) is 31.8 Å². The molecule has 0 aliphatic heterocycles. The molecule has 33 heavy (non-hydrogen) atoms. The fraction of sp³-hybridized carbons (Fsp3) is 0.0833. The van der Waals surface area contributed by atoms with E-state index in [-0.39, 0.29) is 5.75 Å². The molecule has 168 valence electrons. The average Bonchev–Trinajstić information content (AvgIpc) is 2.84. The van der Waals surface area contributed by atoms with Crippen LogP contribution in [0.3, 0.4) is 0 Å². The van der Waals surface area contributed by atoms with Crippen molar-refractivity contribution in [2.24, 2.45) is 5.10 Å². The SMILES string of the molecule is COc1cccc(C(=O)Oc2ccccc2/C(C)=N/NC(=O)C(=O)Nc2ccc(Br)cc2)c1. The molecule has 9 heteroatoms. The highest BCUT2D eigenvalue weighted by Gasteiger charge is 2.16. The second-order valence-corrected chi connectivity index (χ2v) is 7.63. The lowest BCUT2D eigenvalue weighted by Crippen LogP contribution is -2.33. The van der Waals surface area contributed by atoms with Gasteiger partial charge in [-0.2, -0.15) is 5.10 Å². The Kier molecular flexibility index (Phi) is 7.93. The van der Waals surface area contributed by atoms with E-state index in [0.717, 1.165) is 4.47 Å². The second kappa shape index (κ2) is 11.1. The van der Waals surface area contributed by atoms with Gasteiger partial charge in [-0.25, -0.2) is 10.2 Å². The Bertz CT molecular complexity index is 1210. The predicted molar refractivity (Wildman–Crippen MR) is 128 cm³/mol. The van der Waals surface area contributed by atoms with Gasteiger partial charge in [-0.15, -0.1) is 0 Å². The number of nitrogens with zero attached hydrogens (tertiary/aromatic N) is 1. The van der Waals surface area contributed by atoms with Crippen LogP contribution >= 0.6 is 15.9 Å². The molecule has 0 bridgehead atoms. The maximum absolute atomic E-state index is 12.6. The van der Waals surface area contributed by atoms with E-state index in [1.165, 1.54) is 7.11 Å². The van der Waals surface area contributed by atoms with Crippen molar-refractivity contribution in [2.45, 2.75) is 6.92 Å². The van der Waals surface area contributed by atoms with Crippen molar-refractivity contribution < 1.29 is 23.9 Å². The first-order chi connectivity index (χ1) is 15.9. The van der Waals surface area contributed by atoms with Crippen molar-refractivity contribution in [3.63, 3.8) is 0 Å². The van der Waals surface area contributed by atoms with Crippen LogP contribution < -0.4 is 20.2 Å². The summed E-state index contributed by atoms with van der Waals surface area (Å²) < 4.78 is 11.5. The number of rotatable bonds is 6. The van der Waals surface area contributed by atoms with Gasteiger partial charge in [0, 0.05) is 15.7 Å². The van der Waals surface area contributed by atoms with Gasteiger partial charge in [0.1, 0.15) is 11.5 Å². The van der Waals surface area contributed by atoms with Gasteiger partial charge in [-0.05, 0) is 61.5 Å². The van der Waals surface area contributed by atoms with Crippen molar-refractivity contribution >= 4 is 45.1 Å². The van der Waals surface area contributed by atoms with Crippen LogP contribution in [0.5, 0.6) is 11.5 Å². The smallest absolute Gasteiger partial charge is 0.343 e. The zero-order valence-corrected chi connectivity index (χ0v) is 19.4. The van der Waals surface area contributed by atoms with Crippen molar-refractivity contribution in [3.8, 4) is 11.5 Å². The summed E-state index contributed by atoms with van der Waals surface area (Å²) in [5.41, 5.74) is 3.81. The second-order valence-electron chi connectivity index (χ2n) is 6.72. The molecule has 0 fully saturated rings. The third-order valence-electron chi connectivity index (χ3n) is 4.42. The zero-order chi connectivity index (χ0) is 23.8. The van der Waals surface area contributed by atoms with Gasteiger partial charge in [-0.3, -0.25) is 9.59 Å². The lowest BCUT2D eigenvalue weighted by Gasteiger charge is -2.10. The molecule has 3 rings (SSSR count). The van der Waals surface area contributed by atoms with Crippen molar-refractivity contribution in [1.82, 2.24) is 5.43 Å². The number of methoxy groups -OCH3 is 1. The first kappa shape index (κ1) is 23.7. The quantitative estimate of drug-likeness (QED) is 0.170. The molecular weight excluding hydrogens is 490 g/mol. The Balaban J connectivity index is 1.68. The summed E-state index contributed by atoms with van der Waals surface area (Å²) in [6.07, 6.45) is 0. The molecular formula is C24H20BrN3O5. The number of hydrogen-bond acceptors (Lipinski definition) is 6. The average molecular weight is 510 g/mol. The van der Waals surface area contributed by atoms with Crippen molar-refractivity contribution in [1.29, 1.82) is 0 Å². The third-order valence-corrected chi connectivity index (χ3v) is 4.95. The van der Waals surface area contributed by atoms with E-state index in [9.17, 15) is 14.4 Å². The third kappa shape index (κ3) is 6.50. The molecule has 0 aliphatic carbocycles. The maximum Gasteiger partial charge on any atom is 0.343 e. The maximum atomic E-state index is 12.6. The number of esters is 1. The van der Waals surface area contributed by atoms with Gasteiger partial charge in [0.15, 0.2) is 0 Å². The Morgan fingerprint density at radius 2 is 1.64 bits per heavy atom. The largest absolute Gasteiger partial charge is 0.497 e. The molecule has 3 aromatic carbocycles. The number of amides is 2. The monoisotopic (exact) mass is 509 g/mol. The van der Waals surface area contributed by atoms with Gasteiger partial charge in [0.25, 0.3) is 0 Å². The number of nitrogens with one attached hydrogen (secondary N) is 2. The normalized spacial score (nSPS) is 10.8. The fourth-order valence-corrected chi connectivity index (χ4v) is 2.99. The van der Waals surface area contributed by atoms with Gasteiger partial charge in [-0.1, -0.05) is 34.1 Å². The van der Waals surface area contributed by atoms with Gasteiger partial charge >= 0.3 is 17.8 Å². The Hall–Kier alpha value is -3.98. The minimum Gasteiger partial charge on any atom is -0.497 e. The van der Waals surface area contributed by atoms with Gasteiger partial charge in [0.05, 0.1) is 18.4 Å². The molecule has 8 nitrogen and oxygen atoms in total.